The van der Waals surface area contributed by atoms with Crippen LogP contribution in [-0.2, 0) is 59.7 Å². The van der Waals surface area contributed by atoms with Gasteiger partial charge in [0, 0.05) is 13.1 Å². The Morgan fingerprint density at radius 3 is 1.48 bits per heavy atom. The van der Waals surface area contributed by atoms with Crippen LogP contribution in [0.5, 0.6) is 11.8 Å². The number of carbonyl (C=O) groups excluding carboxylic acids is 2. The minimum Gasteiger partial charge on any atom is -0.476 e. The third kappa shape index (κ3) is 17.3. The molecule has 6 N–H and O–H groups in total. The third-order valence-electron chi connectivity index (χ3n) is 6.76. The summed E-state index contributed by atoms with van der Waals surface area (Å²) in [5.74, 6) is 0.674. The number of nitrogens with zero attached hydrogens (tertiary/aromatic N) is 8. The number of anilines is 2. The van der Waals surface area contributed by atoms with Gasteiger partial charge in [0.15, 0.2) is 22.3 Å². The summed E-state index contributed by atoms with van der Waals surface area (Å²) >= 11 is 0. The Labute approximate surface area is 344 Å². The van der Waals surface area contributed by atoms with Crippen molar-refractivity contribution in [3.05, 3.63) is 12.7 Å². The van der Waals surface area contributed by atoms with Gasteiger partial charge in [-0.25, -0.2) is 19.6 Å². The van der Waals surface area contributed by atoms with Crippen molar-refractivity contribution in [3.63, 3.8) is 0 Å². The van der Waals surface area contributed by atoms with Gasteiger partial charge in [-0.05, 0) is 40.5 Å². The molecule has 0 amide bonds. The Kier molecular flexibility index (Phi) is 20.1. The molecule has 0 aliphatic carbocycles. The second kappa shape index (κ2) is 24.3. The van der Waals surface area contributed by atoms with E-state index in [1.807, 2.05) is 13.8 Å². The van der Waals surface area contributed by atoms with Crippen LogP contribution in [0, 0.1) is 0 Å². The van der Waals surface area contributed by atoms with Gasteiger partial charge in [-0.3, -0.25) is 18.2 Å². The molecule has 4 aromatic heterocycles. The zero-order valence-electron chi connectivity index (χ0n) is 34.0. The molecule has 28 heteroatoms. The van der Waals surface area contributed by atoms with Crippen molar-refractivity contribution in [2.45, 2.75) is 79.7 Å². The fourth-order valence-electron chi connectivity index (χ4n) is 4.35. The first kappa shape index (κ1) is 49.4. The molecule has 4 aromatic rings. The zero-order chi connectivity index (χ0) is 44.3. The molecule has 0 unspecified atom stereocenters. The number of carbonyl (C=O) groups is 2. The average Bonchev–Trinajstić information content (AvgIpc) is 3.76. The van der Waals surface area contributed by atoms with Crippen LogP contribution in [0.3, 0.4) is 0 Å². The predicted molar refractivity (Wildman–Crippen MR) is 210 cm³/mol. The largest absolute Gasteiger partial charge is 0.510 e. The molecule has 60 heavy (non-hydrogen) atoms. The monoisotopic (exact) mass is 894 g/mol. The van der Waals surface area contributed by atoms with E-state index in [2.05, 4.69) is 29.9 Å². The molecular weight excluding hydrogens is 842 g/mol. The smallest absolute Gasteiger partial charge is 0.476 e. The maximum Gasteiger partial charge on any atom is 0.510 e. The lowest BCUT2D eigenvalue weighted by atomic mass is 10.5. The van der Waals surface area contributed by atoms with Gasteiger partial charge in [-0.2, -0.15) is 19.9 Å². The van der Waals surface area contributed by atoms with E-state index in [4.69, 9.17) is 68.2 Å². The number of ether oxygens (including phenoxy) is 8. The summed E-state index contributed by atoms with van der Waals surface area (Å²) in [6.07, 6.45) is 0.537. The predicted octanol–water partition coefficient (Wildman–Crippen LogP) is 3.79. The molecular formula is C32H52N10O16P2. The quantitative estimate of drug-likeness (QED) is 0.0336. The molecule has 336 valence electrons. The number of aromatic nitrogens is 8. The Morgan fingerprint density at radius 1 is 0.683 bits per heavy atom. The molecule has 0 fully saturated rings. The SMILES string of the molecule is CCCOc1nc(N)nc2c1ncn2CCOCP(=O)(O)O.CCCOc1nc(N)nc2c1ncn2CCOCP(=O)(OCOC(=O)OC(C)C)OCOC(=O)OC(C)C. The minimum absolute atomic E-state index is 0.0176. The van der Waals surface area contributed by atoms with E-state index < -0.39 is 66.0 Å². The molecule has 0 spiro atoms. The average molecular weight is 895 g/mol. The third-order valence-corrected chi connectivity index (χ3v) is 8.78. The van der Waals surface area contributed by atoms with E-state index >= 15 is 0 Å². The van der Waals surface area contributed by atoms with Crippen molar-refractivity contribution >= 4 is 61.7 Å². The highest BCUT2D eigenvalue weighted by atomic mass is 31.2. The van der Waals surface area contributed by atoms with Crippen LogP contribution < -0.4 is 20.9 Å². The van der Waals surface area contributed by atoms with Gasteiger partial charge in [0.05, 0.1) is 51.3 Å². The van der Waals surface area contributed by atoms with E-state index in [1.165, 1.54) is 12.7 Å². The Bertz CT molecular complexity index is 2030. The fourth-order valence-corrected chi connectivity index (χ4v) is 5.72. The molecule has 4 rings (SSSR count). The zero-order valence-corrected chi connectivity index (χ0v) is 35.8. The first-order chi connectivity index (χ1) is 28.4. The Hall–Kier alpha value is -4.94. The van der Waals surface area contributed by atoms with Crippen molar-refractivity contribution in [2.75, 3.05) is 64.2 Å². The highest BCUT2D eigenvalue weighted by molar-refractivity contribution is 7.53. The number of hydrogen-bond acceptors (Lipinski definition) is 22. The summed E-state index contributed by atoms with van der Waals surface area (Å²) < 4.78 is 77.8. The molecule has 0 radical (unpaired) electrons. The summed E-state index contributed by atoms with van der Waals surface area (Å²) in [5.41, 5.74) is 13.3. The van der Waals surface area contributed by atoms with Crippen LogP contribution in [0.4, 0.5) is 21.5 Å². The second-order valence-corrected chi connectivity index (χ2v) is 16.2. The van der Waals surface area contributed by atoms with Gasteiger partial charge < -0.3 is 68.3 Å². The maximum atomic E-state index is 13.1. The molecule has 0 saturated heterocycles. The lowest BCUT2D eigenvalue weighted by Gasteiger charge is -2.19. The maximum absolute atomic E-state index is 13.1. The number of nitrogens with two attached hydrogens (primary N) is 2. The Balaban J connectivity index is 0.000000369. The fraction of sp³-hybridized carbons (Fsp3) is 0.625. The molecule has 0 aliphatic rings. The summed E-state index contributed by atoms with van der Waals surface area (Å²) in [7, 11) is -8.22. The number of nitrogen functional groups attached to an aromatic ring is 2. The number of imidazole rings is 2. The molecule has 0 aromatic carbocycles. The highest BCUT2D eigenvalue weighted by Crippen LogP contribution is 2.48. The Morgan fingerprint density at radius 2 is 1.10 bits per heavy atom. The van der Waals surface area contributed by atoms with Crippen LogP contribution >= 0.6 is 15.2 Å². The van der Waals surface area contributed by atoms with Gasteiger partial charge in [0.2, 0.25) is 37.2 Å². The van der Waals surface area contributed by atoms with Crippen LogP contribution in [0.1, 0.15) is 54.4 Å². The van der Waals surface area contributed by atoms with Gasteiger partial charge in [0.25, 0.3) is 0 Å². The van der Waals surface area contributed by atoms with Crippen LogP contribution in [0.2, 0.25) is 0 Å². The lowest BCUT2D eigenvalue weighted by molar-refractivity contribution is -0.0344. The van der Waals surface area contributed by atoms with E-state index in [1.54, 1.807) is 36.8 Å². The first-order valence-electron chi connectivity index (χ1n) is 18.4. The van der Waals surface area contributed by atoms with Gasteiger partial charge in [-0.15, -0.1) is 0 Å². The van der Waals surface area contributed by atoms with Gasteiger partial charge in [-0.1, -0.05) is 13.8 Å². The minimum atomic E-state index is -4.16. The molecule has 0 aliphatic heterocycles. The topological polar surface area (TPSA) is 340 Å². The van der Waals surface area contributed by atoms with Crippen molar-refractivity contribution in [3.8, 4) is 11.8 Å². The summed E-state index contributed by atoms with van der Waals surface area (Å²) in [5, 5.41) is 0. The van der Waals surface area contributed by atoms with Crippen molar-refractivity contribution < 1.29 is 75.4 Å². The lowest BCUT2D eigenvalue weighted by Crippen LogP contribution is -2.17. The summed E-state index contributed by atoms with van der Waals surface area (Å²) in [4.78, 5) is 65.4. The molecule has 0 bridgehead atoms. The number of fused-ring (bicyclic) bond motifs is 2. The van der Waals surface area contributed by atoms with E-state index in [0.29, 0.717) is 48.0 Å². The van der Waals surface area contributed by atoms with Gasteiger partial charge >= 0.3 is 27.5 Å². The first-order valence-corrected chi connectivity index (χ1v) is 21.9. The van der Waals surface area contributed by atoms with Gasteiger partial charge in [0.1, 0.15) is 12.7 Å². The van der Waals surface area contributed by atoms with Crippen LogP contribution in [-0.4, -0.2) is 126 Å². The van der Waals surface area contributed by atoms with Crippen molar-refractivity contribution in [1.29, 1.82) is 0 Å². The highest BCUT2D eigenvalue weighted by Gasteiger charge is 2.28. The summed E-state index contributed by atoms with van der Waals surface area (Å²) in [6.45, 7) is 10.5. The molecule has 4 heterocycles. The second-order valence-electron chi connectivity index (χ2n) is 12.7. The van der Waals surface area contributed by atoms with Crippen LogP contribution in [0.15, 0.2) is 12.7 Å². The molecule has 0 saturated carbocycles. The normalized spacial score (nSPS) is 11.8. The van der Waals surface area contributed by atoms with Crippen molar-refractivity contribution in [1.82, 2.24) is 39.0 Å². The van der Waals surface area contributed by atoms with E-state index in [0.717, 1.165) is 12.8 Å². The number of rotatable bonds is 24. The summed E-state index contributed by atoms with van der Waals surface area (Å²) in [6, 6.07) is 0. The van der Waals surface area contributed by atoms with Crippen LogP contribution in [0.25, 0.3) is 22.3 Å². The molecule has 26 nitrogen and oxygen atoms in total. The van der Waals surface area contributed by atoms with E-state index in [-0.39, 0.29) is 37.5 Å². The molecule has 0 atom stereocenters. The van der Waals surface area contributed by atoms with E-state index in [9.17, 15) is 18.7 Å². The standard InChI is InChI=1S/C21H34N5O11P.C11H18N5O5P/c1-6-8-31-18-16-17(24-19(22)25-18)26(10-23-16)7-9-30-13-38(29,34-11-32-20(27)36-14(2)3)35-12-33-21(28)37-15(4)5;1-2-4-21-10-8-9(14-11(12)15-10)16(6-13-8)3-5-20-7-22(17,18)19/h10,14-15H,6-9,11-13H2,1-5H3,(H2,22,24,25);6H,2-5,7H2,1H3,(H2,12,14,15)(H2,17,18,19). The number of hydrogen-bond donors (Lipinski definition) is 4. The van der Waals surface area contributed by atoms with Crippen molar-refractivity contribution in [2.24, 2.45) is 0 Å².